The average molecular weight is 183 g/mol. The van der Waals surface area contributed by atoms with Gasteiger partial charge in [-0.1, -0.05) is 0 Å². The van der Waals surface area contributed by atoms with Crippen LogP contribution in [0.15, 0.2) is 0 Å². The second-order valence-corrected chi connectivity index (χ2v) is 4.68. The van der Waals surface area contributed by atoms with Crippen molar-refractivity contribution in [1.29, 1.82) is 0 Å². The molecule has 0 aliphatic heterocycles. The van der Waals surface area contributed by atoms with Crippen LogP contribution in [-0.4, -0.2) is 33.9 Å². The van der Waals surface area contributed by atoms with Gasteiger partial charge in [-0.2, -0.15) is 0 Å². The number of hydrogen-bond acceptors (Lipinski definition) is 4. The molecule has 0 spiro atoms. The standard InChI is InChI=1S/C6H18NO3P/c1-2-3-4-7-5-6-11(8,9)10/h7-11H,2-6H2,1H3. The van der Waals surface area contributed by atoms with E-state index in [-0.39, 0.29) is 6.16 Å². The molecule has 4 nitrogen and oxygen atoms in total. The minimum atomic E-state index is -3.78. The summed E-state index contributed by atoms with van der Waals surface area (Å²) >= 11 is 0. The van der Waals surface area contributed by atoms with E-state index >= 15 is 0 Å². The van der Waals surface area contributed by atoms with Crippen molar-refractivity contribution in [1.82, 2.24) is 5.32 Å². The van der Waals surface area contributed by atoms with Gasteiger partial charge in [-0.15, -0.1) is 0 Å². The zero-order valence-corrected chi connectivity index (χ0v) is 7.88. The Hall–Kier alpha value is 0.270. The number of hydrogen-bond donors (Lipinski definition) is 4. The van der Waals surface area contributed by atoms with Gasteiger partial charge in [0.15, 0.2) is 0 Å². The summed E-state index contributed by atoms with van der Waals surface area (Å²) in [6, 6.07) is 0. The second kappa shape index (κ2) is 5.86. The monoisotopic (exact) mass is 183 g/mol. The fourth-order valence-corrected chi connectivity index (χ4v) is 1.20. The van der Waals surface area contributed by atoms with E-state index in [0.717, 1.165) is 19.4 Å². The van der Waals surface area contributed by atoms with E-state index in [1.165, 1.54) is 0 Å². The normalized spacial score (nSPS) is 13.5. The van der Waals surface area contributed by atoms with E-state index in [9.17, 15) is 0 Å². The molecule has 5 heteroatoms. The Morgan fingerprint density at radius 1 is 1.18 bits per heavy atom. The van der Waals surface area contributed by atoms with Crippen molar-refractivity contribution >= 4 is 7.94 Å². The molecule has 0 aromatic heterocycles. The third kappa shape index (κ3) is 10.3. The molecular weight excluding hydrogens is 165 g/mol. The van der Waals surface area contributed by atoms with Crippen molar-refractivity contribution < 1.29 is 14.7 Å². The van der Waals surface area contributed by atoms with Crippen molar-refractivity contribution in [2.24, 2.45) is 0 Å². The number of nitrogens with one attached hydrogen (secondary N) is 1. The maximum absolute atomic E-state index is 8.58. The number of rotatable bonds is 6. The van der Waals surface area contributed by atoms with Crippen LogP contribution in [0, 0.1) is 0 Å². The van der Waals surface area contributed by atoms with E-state index in [1.54, 1.807) is 0 Å². The molecule has 0 aliphatic carbocycles. The van der Waals surface area contributed by atoms with Gasteiger partial charge in [0, 0.05) is 0 Å². The summed E-state index contributed by atoms with van der Waals surface area (Å²) in [5.41, 5.74) is 0. The van der Waals surface area contributed by atoms with Crippen LogP contribution in [0.2, 0.25) is 0 Å². The van der Waals surface area contributed by atoms with Crippen LogP contribution < -0.4 is 5.32 Å². The summed E-state index contributed by atoms with van der Waals surface area (Å²) in [5, 5.41) is 3.00. The molecule has 0 bridgehead atoms. The first kappa shape index (κ1) is 11.3. The van der Waals surface area contributed by atoms with Crippen molar-refractivity contribution in [2.45, 2.75) is 19.8 Å². The van der Waals surface area contributed by atoms with Gasteiger partial charge in [0.2, 0.25) is 0 Å². The molecule has 0 amide bonds. The van der Waals surface area contributed by atoms with Gasteiger partial charge >= 0.3 is 67.0 Å². The molecule has 0 rings (SSSR count). The zero-order chi connectivity index (χ0) is 8.74. The van der Waals surface area contributed by atoms with Gasteiger partial charge in [-0.25, -0.2) is 0 Å². The molecule has 70 valence electrons. The third-order valence-corrected chi connectivity index (χ3v) is 2.27. The molecule has 0 fully saturated rings. The van der Waals surface area contributed by atoms with E-state index in [0.29, 0.717) is 6.54 Å². The Morgan fingerprint density at radius 2 is 1.82 bits per heavy atom. The summed E-state index contributed by atoms with van der Waals surface area (Å²) in [5.74, 6) is 0. The molecule has 0 saturated heterocycles. The molecule has 0 unspecified atom stereocenters. The summed E-state index contributed by atoms with van der Waals surface area (Å²) < 4.78 is 0. The van der Waals surface area contributed by atoms with Crippen LogP contribution in [-0.2, 0) is 0 Å². The van der Waals surface area contributed by atoms with Crippen LogP contribution in [0.4, 0.5) is 0 Å². The molecule has 0 atom stereocenters. The molecule has 0 aromatic rings. The first-order chi connectivity index (χ1) is 5.06. The quantitative estimate of drug-likeness (QED) is 0.341. The topological polar surface area (TPSA) is 72.7 Å². The van der Waals surface area contributed by atoms with Crippen molar-refractivity contribution in [2.75, 3.05) is 19.3 Å². The van der Waals surface area contributed by atoms with E-state index < -0.39 is 7.94 Å². The molecule has 11 heavy (non-hydrogen) atoms. The van der Waals surface area contributed by atoms with Crippen molar-refractivity contribution in [3.8, 4) is 0 Å². The van der Waals surface area contributed by atoms with Gasteiger partial charge in [0.05, 0.1) is 0 Å². The van der Waals surface area contributed by atoms with Crippen molar-refractivity contribution in [3.63, 3.8) is 0 Å². The van der Waals surface area contributed by atoms with E-state index in [1.807, 2.05) is 0 Å². The summed E-state index contributed by atoms with van der Waals surface area (Å²) in [4.78, 5) is 25.8. The maximum atomic E-state index is 8.58. The average Bonchev–Trinajstić information content (AvgIpc) is 1.85. The van der Waals surface area contributed by atoms with Crippen molar-refractivity contribution in [3.05, 3.63) is 0 Å². The van der Waals surface area contributed by atoms with Crippen LogP contribution in [0.1, 0.15) is 19.8 Å². The third-order valence-electron chi connectivity index (χ3n) is 1.34. The van der Waals surface area contributed by atoms with Gasteiger partial charge in [-0.3, -0.25) is 0 Å². The second-order valence-electron chi connectivity index (χ2n) is 2.63. The predicted octanol–water partition coefficient (Wildman–Crippen LogP) is -0.152. The van der Waals surface area contributed by atoms with Gasteiger partial charge in [0.1, 0.15) is 0 Å². The Labute approximate surface area is 67.8 Å². The molecule has 0 aromatic carbocycles. The van der Waals surface area contributed by atoms with Crippen LogP contribution in [0.25, 0.3) is 0 Å². The fourth-order valence-electron chi connectivity index (χ4n) is 0.683. The van der Waals surface area contributed by atoms with Gasteiger partial charge in [-0.05, 0) is 0 Å². The minimum absolute atomic E-state index is 0.0801. The van der Waals surface area contributed by atoms with Crippen LogP contribution >= 0.6 is 7.94 Å². The van der Waals surface area contributed by atoms with Crippen LogP contribution in [0.5, 0.6) is 0 Å². The summed E-state index contributed by atoms with van der Waals surface area (Å²) in [6.07, 6.45) is 2.28. The zero-order valence-electron chi connectivity index (χ0n) is 6.88. The van der Waals surface area contributed by atoms with Gasteiger partial charge in [0.25, 0.3) is 0 Å². The SMILES string of the molecule is CCCCNCC[PH](O)(O)O. The molecule has 4 N–H and O–H groups in total. The Bertz CT molecular complexity index is 94.3. The van der Waals surface area contributed by atoms with Gasteiger partial charge < -0.3 is 0 Å². The molecule has 0 heterocycles. The van der Waals surface area contributed by atoms with E-state index in [2.05, 4.69) is 12.2 Å². The summed E-state index contributed by atoms with van der Waals surface area (Å²) in [6.45, 7) is 3.45. The predicted molar refractivity (Wildman–Crippen MR) is 47.6 cm³/mol. The Balaban J connectivity index is 3.02. The van der Waals surface area contributed by atoms with E-state index in [4.69, 9.17) is 14.7 Å². The van der Waals surface area contributed by atoms with Crippen LogP contribution in [0.3, 0.4) is 0 Å². The Morgan fingerprint density at radius 3 is 2.27 bits per heavy atom. The first-order valence-electron chi connectivity index (χ1n) is 3.94. The Kier molecular flexibility index (Phi) is 6.01. The molecule has 0 aliphatic rings. The molecular formula is C6H18NO3P. The molecule has 0 saturated carbocycles. The first-order valence-corrected chi connectivity index (χ1v) is 5.99. The fraction of sp³-hybridized carbons (Fsp3) is 1.00. The number of unbranched alkanes of at least 4 members (excludes halogenated alkanes) is 1. The summed E-state index contributed by atoms with van der Waals surface area (Å²) in [7, 11) is -3.78. The molecule has 0 radical (unpaired) electrons.